The highest BCUT2D eigenvalue weighted by atomic mass is 15.1. The number of rotatable bonds is 2. The molecule has 0 saturated carbocycles. The van der Waals surface area contributed by atoms with Crippen molar-refractivity contribution in [2.75, 3.05) is 0 Å². The maximum atomic E-state index is 4.79. The molecule has 2 nitrogen and oxygen atoms in total. The number of hydrogen-bond donors (Lipinski definition) is 0. The van der Waals surface area contributed by atoms with Gasteiger partial charge in [0, 0.05) is 11.3 Å². The van der Waals surface area contributed by atoms with Crippen LogP contribution in [-0.4, -0.2) is 9.55 Å². The summed E-state index contributed by atoms with van der Waals surface area (Å²) in [6.07, 6.45) is 6.46. The average molecular weight is 236 g/mol. The lowest BCUT2D eigenvalue weighted by atomic mass is 10.1. The van der Waals surface area contributed by atoms with E-state index in [2.05, 4.69) is 35.4 Å². The summed E-state index contributed by atoms with van der Waals surface area (Å²) in [6.45, 7) is 6.11. The van der Waals surface area contributed by atoms with Gasteiger partial charge in [0.25, 0.3) is 0 Å². The van der Waals surface area contributed by atoms with Crippen molar-refractivity contribution in [1.29, 1.82) is 0 Å². The number of hydrogen-bond acceptors (Lipinski definition) is 1. The highest BCUT2D eigenvalue weighted by Crippen LogP contribution is 2.29. The number of allylic oxidation sites excluding steroid dienone is 2. The number of imidazole rings is 1. The molecule has 1 aliphatic rings. The third-order valence-electron chi connectivity index (χ3n) is 3.23. The van der Waals surface area contributed by atoms with Crippen LogP contribution in [0.5, 0.6) is 0 Å². The minimum Gasteiger partial charge on any atom is -0.297 e. The van der Waals surface area contributed by atoms with E-state index in [0.29, 0.717) is 0 Å². The van der Waals surface area contributed by atoms with Gasteiger partial charge in [0.2, 0.25) is 0 Å². The molecule has 3 rings (SSSR count). The summed E-state index contributed by atoms with van der Waals surface area (Å²) >= 11 is 0. The van der Waals surface area contributed by atoms with Gasteiger partial charge in [0.15, 0.2) is 0 Å². The molecule has 1 aromatic carbocycles. The van der Waals surface area contributed by atoms with E-state index in [0.717, 1.165) is 29.9 Å². The molecule has 1 aliphatic carbocycles. The first-order valence-electron chi connectivity index (χ1n) is 6.27. The lowest BCUT2D eigenvalue weighted by molar-refractivity contribution is 0.938. The van der Waals surface area contributed by atoms with Crippen LogP contribution in [0.1, 0.15) is 24.7 Å². The van der Waals surface area contributed by atoms with Gasteiger partial charge in [-0.15, -0.1) is 0 Å². The number of fused-ring (bicyclic) bond motifs is 1. The van der Waals surface area contributed by atoms with Crippen molar-refractivity contribution in [3.8, 4) is 11.4 Å². The van der Waals surface area contributed by atoms with Crippen LogP contribution in [0.25, 0.3) is 23.2 Å². The Morgan fingerprint density at radius 3 is 2.78 bits per heavy atom. The van der Waals surface area contributed by atoms with E-state index in [1.807, 2.05) is 25.1 Å². The van der Waals surface area contributed by atoms with Gasteiger partial charge in [-0.2, -0.15) is 0 Å². The number of benzene rings is 1. The second-order valence-corrected chi connectivity index (χ2v) is 4.65. The second-order valence-electron chi connectivity index (χ2n) is 4.65. The standard InChI is InChI=1S/C16H16N2/c1-12(2)18-15-11-7-6-10-14(15)17-16(18)13-8-4-3-5-9-13/h3-5,7-9,11H,1,6,10H2,2H3. The highest BCUT2D eigenvalue weighted by Gasteiger charge is 2.18. The Hall–Kier alpha value is -2.09. The lowest BCUT2D eigenvalue weighted by Gasteiger charge is -2.11. The van der Waals surface area contributed by atoms with Crippen molar-refractivity contribution in [3.63, 3.8) is 0 Å². The quantitative estimate of drug-likeness (QED) is 0.770. The highest BCUT2D eigenvalue weighted by molar-refractivity contribution is 5.68. The van der Waals surface area contributed by atoms with Crippen LogP contribution < -0.4 is 0 Å². The maximum absolute atomic E-state index is 4.79. The summed E-state index contributed by atoms with van der Waals surface area (Å²) in [4.78, 5) is 4.79. The van der Waals surface area contributed by atoms with Gasteiger partial charge in [-0.05, 0) is 25.8 Å². The monoisotopic (exact) mass is 236 g/mol. The molecule has 0 bridgehead atoms. The van der Waals surface area contributed by atoms with Crippen molar-refractivity contribution in [2.45, 2.75) is 19.8 Å². The van der Waals surface area contributed by atoms with Gasteiger partial charge >= 0.3 is 0 Å². The normalized spacial score (nSPS) is 13.4. The molecule has 1 aromatic heterocycles. The molecule has 0 N–H and O–H groups in total. The molecule has 0 unspecified atom stereocenters. The fourth-order valence-corrected chi connectivity index (χ4v) is 2.42. The predicted octanol–water partition coefficient (Wildman–Crippen LogP) is 4.00. The summed E-state index contributed by atoms with van der Waals surface area (Å²) in [5, 5.41) is 0. The van der Waals surface area contributed by atoms with Crippen LogP contribution >= 0.6 is 0 Å². The van der Waals surface area contributed by atoms with Crippen molar-refractivity contribution in [1.82, 2.24) is 9.55 Å². The van der Waals surface area contributed by atoms with E-state index in [1.54, 1.807) is 0 Å². The Kier molecular flexibility index (Phi) is 2.63. The molecule has 0 aliphatic heterocycles. The smallest absolute Gasteiger partial charge is 0.145 e. The van der Waals surface area contributed by atoms with E-state index in [9.17, 15) is 0 Å². The second kappa shape index (κ2) is 4.30. The van der Waals surface area contributed by atoms with Crippen LogP contribution in [0.2, 0.25) is 0 Å². The SMILES string of the molecule is C=C(C)n1c(-c2ccccc2)nc2c1C=CCC2. The Balaban J connectivity index is 2.24. The van der Waals surface area contributed by atoms with E-state index >= 15 is 0 Å². The first-order valence-corrected chi connectivity index (χ1v) is 6.27. The van der Waals surface area contributed by atoms with E-state index < -0.39 is 0 Å². The number of aryl methyl sites for hydroxylation is 1. The van der Waals surface area contributed by atoms with Gasteiger partial charge in [-0.25, -0.2) is 4.98 Å². The molecule has 0 saturated heterocycles. The Bertz CT molecular complexity index is 618. The molecule has 0 atom stereocenters. The number of nitrogens with zero attached hydrogens (tertiary/aromatic N) is 2. The van der Waals surface area contributed by atoms with Crippen molar-refractivity contribution in [2.24, 2.45) is 0 Å². The summed E-state index contributed by atoms with van der Waals surface area (Å²) in [5.74, 6) is 1.000. The van der Waals surface area contributed by atoms with Gasteiger partial charge < -0.3 is 0 Å². The first-order chi connectivity index (χ1) is 8.77. The molecule has 90 valence electrons. The van der Waals surface area contributed by atoms with Crippen LogP contribution in [0.4, 0.5) is 0 Å². The van der Waals surface area contributed by atoms with Gasteiger partial charge in [0.05, 0.1) is 11.4 Å². The third-order valence-corrected chi connectivity index (χ3v) is 3.23. The average Bonchev–Trinajstić information content (AvgIpc) is 2.79. The molecular weight excluding hydrogens is 220 g/mol. The molecular formula is C16H16N2. The molecule has 0 spiro atoms. The van der Waals surface area contributed by atoms with E-state index in [1.165, 1.54) is 11.4 Å². The minimum atomic E-state index is 1.000. The van der Waals surface area contributed by atoms with Crippen LogP contribution in [-0.2, 0) is 6.42 Å². The van der Waals surface area contributed by atoms with Crippen LogP contribution in [0.15, 0.2) is 43.0 Å². The van der Waals surface area contributed by atoms with Gasteiger partial charge in [-0.1, -0.05) is 43.0 Å². The summed E-state index contributed by atoms with van der Waals surface area (Å²) in [5.41, 5.74) is 4.52. The Morgan fingerprint density at radius 1 is 1.28 bits per heavy atom. The largest absolute Gasteiger partial charge is 0.297 e. The minimum absolute atomic E-state index is 1.000. The molecule has 18 heavy (non-hydrogen) atoms. The topological polar surface area (TPSA) is 17.8 Å². The van der Waals surface area contributed by atoms with Crippen molar-refractivity contribution in [3.05, 3.63) is 54.4 Å². The summed E-state index contributed by atoms with van der Waals surface area (Å²) < 4.78 is 2.15. The zero-order valence-electron chi connectivity index (χ0n) is 10.6. The van der Waals surface area contributed by atoms with Crippen molar-refractivity contribution >= 4 is 11.8 Å². The molecule has 0 fully saturated rings. The van der Waals surface area contributed by atoms with Gasteiger partial charge in [0.1, 0.15) is 5.82 Å². The van der Waals surface area contributed by atoms with E-state index in [-0.39, 0.29) is 0 Å². The fourth-order valence-electron chi connectivity index (χ4n) is 2.42. The summed E-state index contributed by atoms with van der Waals surface area (Å²) in [6, 6.07) is 10.3. The van der Waals surface area contributed by atoms with Gasteiger partial charge in [-0.3, -0.25) is 4.57 Å². The molecule has 0 radical (unpaired) electrons. The first kappa shape index (κ1) is 11.0. The molecule has 2 aromatic rings. The number of aromatic nitrogens is 2. The van der Waals surface area contributed by atoms with Crippen LogP contribution in [0.3, 0.4) is 0 Å². The predicted molar refractivity (Wildman–Crippen MR) is 76.0 cm³/mol. The third kappa shape index (κ3) is 1.70. The summed E-state index contributed by atoms with van der Waals surface area (Å²) in [7, 11) is 0. The molecule has 2 heteroatoms. The fraction of sp³-hybridized carbons (Fsp3) is 0.188. The lowest BCUT2D eigenvalue weighted by Crippen LogP contribution is -2.00. The van der Waals surface area contributed by atoms with E-state index in [4.69, 9.17) is 4.98 Å². The maximum Gasteiger partial charge on any atom is 0.145 e. The zero-order valence-corrected chi connectivity index (χ0v) is 10.6. The Labute approximate surface area is 107 Å². The van der Waals surface area contributed by atoms with Crippen molar-refractivity contribution < 1.29 is 0 Å². The zero-order chi connectivity index (χ0) is 12.5. The Morgan fingerprint density at radius 2 is 2.06 bits per heavy atom. The molecule has 0 amide bonds. The van der Waals surface area contributed by atoms with Crippen LogP contribution in [0, 0.1) is 0 Å². The molecule has 1 heterocycles.